The molecule has 0 bridgehead atoms. The van der Waals surface area contributed by atoms with Crippen LogP contribution in [0.3, 0.4) is 0 Å². The van der Waals surface area contributed by atoms with Crippen LogP contribution in [0.2, 0.25) is 5.02 Å². The average Bonchev–Trinajstić information content (AvgIpc) is 2.30. The third-order valence-corrected chi connectivity index (χ3v) is 2.80. The first kappa shape index (κ1) is 12.5. The highest BCUT2D eigenvalue weighted by Gasteiger charge is 2.10. The number of benzene rings is 1. The number of rotatable bonds is 3. The van der Waals surface area contributed by atoms with E-state index in [1.54, 1.807) is 12.1 Å². The van der Waals surface area contributed by atoms with Crippen molar-refractivity contribution in [2.75, 3.05) is 7.05 Å². The molecule has 0 saturated heterocycles. The van der Waals surface area contributed by atoms with Gasteiger partial charge in [-0.1, -0.05) is 17.7 Å². The van der Waals surface area contributed by atoms with E-state index in [4.69, 9.17) is 22.1 Å². The molecule has 0 amide bonds. The number of nitrogens with zero attached hydrogens (tertiary/aromatic N) is 3. The van der Waals surface area contributed by atoms with E-state index in [9.17, 15) is 0 Å². The Morgan fingerprint density at radius 2 is 2.12 bits per heavy atom. The number of hydrogen-bond acceptors (Lipinski definition) is 3. The van der Waals surface area contributed by atoms with E-state index in [2.05, 4.69) is 6.07 Å². The lowest BCUT2D eigenvalue weighted by Crippen LogP contribution is -2.27. The molecular formula is C12H12ClN3. The van der Waals surface area contributed by atoms with Crippen molar-refractivity contribution in [1.82, 2.24) is 4.90 Å². The van der Waals surface area contributed by atoms with Crippen molar-refractivity contribution in [2.45, 2.75) is 19.5 Å². The van der Waals surface area contributed by atoms with E-state index in [0.29, 0.717) is 17.1 Å². The minimum Gasteiger partial charge on any atom is -0.287 e. The summed E-state index contributed by atoms with van der Waals surface area (Å²) in [5.41, 5.74) is 1.47. The van der Waals surface area contributed by atoms with Crippen LogP contribution in [0.5, 0.6) is 0 Å². The molecule has 0 N–H and O–H groups in total. The van der Waals surface area contributed by atoms with Crippen LogP contribution in [-0.2, 0) is 6.54 Å². The van der Waals surface area contributed by atoms with Crippen molar-refractivity contribution in [1.29, 1.82) is 10.5 Å². The number of nitriles is 2. The standard InChI is InChI=1S/C12H12ClN3/c1-9(6-14)16(2)8-11-4-3-10(7-15)5-12(11)13/h3-5,9H,8H2,1-2H3. The summed E-state index contributed by atoms with van der Waals surface area (Å²) < 4.78 is 0. The number of hydrogen-bond donors (Lipinski definition) is 0. The van der Waals surface area contributed by atoms with Gasteiger partial charge in [0.2, 0.25) is 0 Å². The Balaban J connectivity index is 2.84. The van der Waals surface area contributed by atoms with E-state index in [-0.39, 0.29) is 6.04 Å². The minimum absolute atomic E-state index is 0.160. The van der Waals surface area contributed by atoms with E-state index >= 15 is 0 Å². The van der Waals surface area contributed by atoms with E-state index in [1.165, 1.54) is 0 Å². The first-order valence-electron chi connectivity index (χ1n) is 4.87. The lowest BCUT2D eigenvalue weighted by atomic mass is 10.1. The van der Waals surface area contributed by atoms with Crippen LogP contribution in [-0.4, -0.2) is 18.0 Å². The van der Waals surface area contributed by atoms with Gasteiger partial charge in [-0.2, -0.15) is 10.5 Å². The Bertz CT molecular complexity index is 456. The maximum absolute atomic E-state index is 8.77. The highest BCUT2D eigenvalue weighted by molar-refractivity contribution is 6.31. The summed E-state index contributed by atoms with van der Waals surface area (Å²) in [6.45, 7) is 2.43. The molecule has 16 heavy (non-hydrogen) atoms. The SMILES string of the molecule is CC(C#N)N(C)Cc1ccc(C#N)cc1Cl. The molecule has 3 nitrogen and oxygen atoms in total. The monoisotopic (exact) mass is 233 g/mol. The summed E-state index contributed by atoms with van der Waals surface area (Å²) in [4.78, 5) is 1.90. The molecule has 0 aliphatic rings. The van der Waals surface area contributed by atoms with Gasteiger partial charge in [-0.15, -0.1) is 0 Å². The quantitative estimate of drug-likeness (QED) is 0.806. The predicted molar refractivity (Wildman–Crippen MR) is 62.7 cm³/mol. The van der Waals surface area contributed by atoms with Gasteiger partial charge < -0.3 is 0 Å². The van der Waals surface area contributed by atoms with Crippen LogP contribution in [0.15, 0.2) is 18.2 Å². The fourth-order valence-electron chi connectivity index (χ4n) is 1.25. The Morgan fingerprint density at radius 3 is 2.62 bits per heavy atom. The fraction of sp³-hybridized carbons (Fsp3) is 0.333. The summed E-state index contributed by atoms with van der Waals surface area (Å²) in [7, 11) is 1.86. The zero-order valence-electron chi connectivity index (χ0n) is 9.24. The van der Waals surface area contributed by atoms with Gasteiger partial charge in [0.15, 0.2) is 0 Å². The second-order valence-corrected chi connectivity index (χ2v) is 4.05. The lowest BCUT2D eigenvalue weighted by Gasteiger charge is -2.19. The first-order chi connectivity index (χ1) is 7.58. The van der Waals surface area contributed by atoms with Gasteiger partial charge >= 0.3 is 0 Å². The normalized spacial score (nSPS) is 11.9. The molecule has 0 radical (unpaired) electrons. The smallest absolute Gasteiger partial charge is 0.0992 e. The average molecular weight is 234 g/mol. The molecule has 0 spiro atoms. The molecule has 1 rings (SSSR count). The first-order valence-corrected chi connectivity index (χ1v) is 5.24. The van der Waals surface area contributed by atoms with E-state index < -0.39 is 0 Å². The van der Waals surface area contributed by atoms with Crippen LogP contribution in [0, 0.1) is 22.7 Å². The van der Waals surface area contributed by atoms with Gasteiger partial charge in [-0.05, 0) is 31.7 Å². The van der Waals surface area contributed by atoms with Gasteiger partial charge in [0.1, 0.15) is 0 Å². The zero-order valence-corrected chi connectivity index (χ0v) is 9.99. The topological polar surface area (TPSA) is 50.8 Å². The molecule has 0 aromatic heterocycles. The second kappa shape index (κ2) is 5.51. The third kappa shape index (κ3) is 2.97. The van der Waals surface area contributed by atoms with Gasteiger partial charge in [-0.3, -0.25) is 4.90 Å². The third-order valence-electron chi connectivity index (χ3n) is 2.45. The summed E-state index contributed by atoms with van der Waals surface area (Å²) in [5.74, 6) is 0. The summed E-state index contributed by atoms with van der Waals surface area (Å²) in [6, 6.07) is 9.22. The lowest BCUT2D eigenvalue weighted by molar-refractivity contribution is 0.294. The molecular weight excluding hydrogens is 222 g/mol. The maximum Gasteiger partial charge on any atom is 0.0992 e. The molecule has 1 atom stereocenters. The molecule has 82 valence electrons. The predicted octanol–water partition coefficient (Wildman–Crippen LogP) is 2.56. The van der Waals surface area contributed by atoms with Crippen molar-refractivity contribution >= 4 is 11.6 Å². The minimum atomic E-state index is -0.160. The van der Waals surface area contributed by atoms with Gasteiger partial charge in [0.25, 0.3) is 0 Å². The Labute approximate surface area is 100 Å². The summed E-state index contributed by atoms with van der Waals surface area (Å²) in [5, 5.41) is 18.0. The van der Waals surface area contributed by atoms with Gasteiger partial charge in [-0.25, -0.2) is 0 Å². The highest BCUT2D eigenvalue weighted by Crippen LogP contribution is 2.19. The molecule has 0 aliphatic heterocycles. The maximum atomic E-state index is 8.77. The van der Waals surface area contributed by atoms with Crippen LogP contribution in [0.4, 0.5) is 0 Å². The Kier molecular flexibility index (Phi) is 4.31. The summed E-state index contributed by atoms with van der Waals surface area (Å²) >= 11 is 6.04. The molecule has 1 unspecified atom stereocenters. The zero-order chi connectivity index (χ0) is 12.1. The fourth-order valence-corrected chi connectivity index (χ4v) is 1.49. The van der Waals surface area contributed by atoms with Crippen molar-refractivity contribution in [2.24, 2.45) is 0 Å². The van der Waals surface area contributed by atoms with Crippen molar-refractivity contribution < 1.29 is 0 Å². The van der Waals surface area contributed by atoms with Crippen LogP contribution in [0.1, 0.15) is 18.1 Å². The van der Waals surface area contributed by atoms with Gasteiger partial charge in [0.05, 0.1) is 23.7 Å². The second-order valence-electron chi connectivity index (χ2n) is 3.64. The molecule has 1 aromatic carbocycles. The highest BCUT2D eigenvalue weighted by atomic mass is 35.5. The van der Waals surface area contributed by atoms with Crippen molar-refractivity contribution in [3.05, 3.63) is 34.3 Å². The van der Waals surface area contributed by atoms with Crippen LogP contribution < -0.4 is 0 Å². The molecule has 1 aromatic rings. The molecule has 4 heteroatoms. The Morgan fingerprint density at radius 1 is 1.44 bits per heavy atom. The van der Waals surface area contributed by atoms with E-state index in [1.807, 2.05) is 31.0 Å². The molecule has 0 saturated carbocycles. The Hall–Kier alpha value is -1.55. The molecule has 0 aliphatic carbocycles. The molecule has 0 heterocycles. The largest absolute Gasteiger partial charge is 0.287 e. The van der Waals surface area contributed by atoms with Crippen LogP contribution in [0.25, 0.3) is 0 Å². The van der Waals surface area contributed by atoms with Crippen LogP contribution >= 0.6 is 11.6 Å². The molecule has 0 fully saturated rings. The summed E-state index contributed by atoms with van der Waals surface area (Å²) in [6.07, 6.45) is 0. The number of halogens is 1. The van der Waals surface area contributed by atoms with Crippen molar-refractivity contribution in [3.8, 4) is 12.1 Å². The van der Waals surface area contributed by atoms with Gasteiger partial charge in [0, 0.05) is 11.6 Å². The van der Waals surface area contributed by atoms with E-state index in [0.717, 1.165) is 5.56 Å². The van der Waals surface area contributed by atoms with Crippen molar-refractivity contribution in [3.63, 3.8) is 0 Å².